The smallest absolute Gasteiger partial charge is 0.378 e. The van der Waals surface area contributed by atoms with Crippen molar-refractivity contribution in [1.82, 2.24) is 0 Å². The summed E-state index contributed by atoms with van der Waals surface area (Å²) in [6.07, 6.45) is 0.444. The first-order valence-electron chi connectivity index (χ1n) is 7.83. The maximum absolute atomic E-state index is 13.2. The molecule has 1 N–H and O–H groups in total. The van der Waals surface area contributed by atoms with Crippen molar-refractivity contribution >= 4 is 5.69 Å². The fourth-order valence-corrected chi connectivity index (χ4v) is 3.77. The fraction of sp³-hybridized carbons (Fsp3) is 0.263. The molecule has 0 saturated heterocycles. The molecule has 0 fully saturated rings. The van der Waals surface area contributed by atoms with E-state index in [-0.39, 0.29) is 23.7 Å². The fourth-order valence-electron chi connectivity index (χ4n) is 3.77. The number of rotatable bonds is 1. The highest BCUT2D eigenvalue weighted by molar-refractivity contribution is 5.61. The number of hydrogen-bond donors (Lipinski definition) is 1. The highest BCUT2D eigenvalue weighted by Crippen LogP contribution is 2.50. The summed E-state index contributed by atoms with van der Waals surface area (Å²) in [4.78, 5) is 0. The molecule has 1 heterocycles. The van der Waals surface area contributed by atoms with Crippen LogP contribution in [0.4, 0.5) is 23.2 Å². The molecule has 0 amide bonds. The van der Waals surface area contributed by atoms with E-state index in [9.17, 15) is 17.6 Å². The van der Waals surface area contributed by atoms with Crippen molar-refractivity contribution in [2.75, 3.05) is 5.32 Å². The van der Waals surface area contributed by atoms with Crippen LogP contribution in [-0.4, -0.2) is 0 Å². The van der Waals surface area contributed by atoms with Crippen LogP contribution in [0.1, 0.15) is 35.1 Å². The zero-order valence-corrected chi connectivity index (χ0v) is 12.6. The highest BCUT2D eigenvalue weighted by Gasteiger charge is 2.39. The summed E-state index contributed by atoms with van der Waals surface area (Å²) in [6, 6.07) is 10.1. The topological polar surface area (TPSA) is 12.0 Å². The van der Waals surface area contributed by atoms with Crippen LogP contribution in [0.15, 0.2) is 54.6 Å². The number of anilines is 1. The van der Waals surface area contributed by atoms with Crippen LogP contribution >= 0.6 is 0 Å². The second-order valence-electron chi connectivity index (χ2n) is 6.33. The van der Waals surface area contributed by atoms with Crippen LogP contribution in [-0.2, 0) is 6.18 Å². The highest BCUT2D eigenvalue weighted by atomic mass is 19.4. The van der Waals surface area contributed by atoms with Crippen LogP contribution in [0.3, 0.4) is 0 Å². The molecule has 1 aliphatic carbocycles. The molecule has 0 spiro atoms. The molecule has 0 aromatic heterocycles. The molecule has 5 heteroatoms. The molecule has 2 aromatic rings. The Morgan fingerprint density at radius 1 is 1.00 bits per heavy atom. The van der Waals surface area contributed by atoms with E-state index in [2.05, 4.69) is 5.32 Å². The van der Waals surface area contributed by atoms with Crippen LogP contribution in [0.5, 0.6) is 0 Å². The van der Waals surface area contributed by atoms with E-state index in [0.29, 0.717) is 11.3 Å². The van der Waals surface area contributed by atoms with Gasteiger partial charge in [0.15, 0.2) is 0 Å². The Labute approximate surface area is 137 Å². The Balaban J connectivity index is 1.76. The van der Waals surface area contributed by atoms with Crippen molar-refractivity contribution in [3.63, 3.8) is 0 Å². The quantitative estimate of drug-likeness (QED) is 0.524. The largest absolute Gasteiger partial charge is 0.416 e. The Morgan fingerprint density at radius 3 is 2.46 bits per heavy atom. The number of hydrogen-bond acceptors (Lipinski definition) is 1. The molecule has 2 aliphatic rings. The summed E-state index contributed by atoms with van der Waals surface area (Å²) in [6.45, 7) is 0. The molecule has 4 rings (SSSR count). The van der Waals surface area contributed by atoms with Gasteiger partial charge in [0, 0.05) is 11.6 Å². The molecule has 2 unspecified atom stereocenters. The van der Waals surface area contributed by atoms with Gasteiger partial charge in [-0.1, -0.05) is 24.3 Å². The Morgan fingerprint density at radius 2 is 1.75 bits per heavy atom. The van der Waals surface area contributed by atoms with Crippen LogP contribution in [0, 0.1) is 11.7 Å². The Bertz CT molecular complexity index is 792. The van der Waals surface area contributed by atoms with Gasteiger partial charge in [0.1, 0.15) is 5.82 Å². The van der Waals surface area contributed by atoms with E-state index in [4.69, 9.17) is 0 Å². The van der Waals surface area contributed by atoms with E-state index in [1.165, 1.54) is 24.3 Å². The minimum atomic E-state index is -4.35. The first-order valence-corrected chi connectivity index (χ1v) is 7.83. The maximum Gasteiger partial charge on any atom is 0.416 e. The Kier molecular flexibility index (Phi) is 3.41. The van der Waals surface area contributed by atoms with Crippen molar-refractivity contribution in [1.29, 1.82) is 0 Å². The zero-order valence-electron chi connectivity index (χ0n) is 12.6. The first-order chi connectivity index (χ1) is 11.4. The lowest BCUT2D eigenvalue weighted by molar-refractivity contribution is -0.137. The molecule has 0 saturated carbocycles. The van der Waals surface area contributed by atoms with E-state index >= 15 is 0 Å². The van der Waals surface area contributed by atoms with Gasteiger partial charge in [-0.3, -0.25) is 0 Å². The molecule has 3 atom stereocenters. The normalized spacial score (nSPS) is 25.1. The van der Waals surface area contributed by atoms with Crippen molar-refractivity contribution in [2.24, 2.45) is 5.92 Å². The number of fused-ring (bicyclic) bond motifs is 3. The van der Waals surface area contributed by atoms with Gasteiger partial charge < -0.3 is 5.32 Å². The molecule has 0 radical (unpaired) electrons. The third-order valence-corrected chi connectivity index (χ3v) is 4.92. The summed E-state index contributed by atoms with van der Waals surface area (Å²) >= 11 is 0. The van der Waals surface area contributed by atoms with Crippen LogP contribution in [0.25, 0.3) is 0 Å². The number of benzene rings is 2. The van der Waals surface area contributed by atoms with E-state index in [0.717, 1.165) is 18.1 Å². The minimum Gasteiger partial charge on any atom is -0.378 e. The number of alkyl halides is 3. The van der Waals surface area contributed by atoms with Crippen molar-refractivity contribution in [3.8, 4) is 0 Å². The summed E-state index contributed by atoms with van der Waals surface area (Å²) in [5.74, 6) is -0.226. The standard InChI is InChI=1S/C19H15F4N/c20-13-7-4-11(5-8-13)18-15-3-1-2-14(15)16-10-12(19(21,22)23)6-9-17(16)24-18/h1-2,4-10,14-15,18,24H,3H2/t14?,15?,18-/m1/s1. The van der Waals surface area contributed by atoms with E-state index < -0.39 is 11.7 Å². The van der Waals surface area contributed by atoms with Gasteiger partial charge in [0.2, 0.25) is 0 Å². The maximum atomic E-state index is 13.2. The second kappa shape index (κ2) is 5.36. The van der Waals surface area contributed by atoms with Gasteiger partial charge in [-0.2, -0.15) is 13.2 Å². The predicted octanol–water partition coefficient (Wildman–Crippen LogP) is 5.67. The van der Waals surface area contributed by atoms with E-state index in [1.807, 2.05) is 12.2 Å². The molecule has 0 bridgehead atoms. The lowest BCUT2D eigenvalue weighted by Gasteiger charge is -2.37. The second-order valence-corrected chi connectivity index (χ2v) is 6.33. The van der Waals surface area contributed by atoms with Crippen molar-refractivity contribution in [2.45, 2.75) is 24.6 Å². The molecular weight excluding hydrogens is 318 g/mol. The lowest BCUT2D eigenvalue weighted by Crippen LogP contribution is -2.29. The van der Waals surface area contributed by atoms with Crippen molar-refractivity contribution in [3.05, 3.63) is 77.1 Å². The van der Waals surface area contributed by atoms with Gasteiger partial charge >= 0.3 is 6.18 Å². The number of nitrogens with one attached hydrogen (secondary N) is 1. The molecule has 2 aromatic carbocycles. The zero-order chi connectivity index (χ0) is 16.9. The molecule has 1 nitrogen and oxygen atoms in total. The van der Waals surface area contributed by atoms with Gasteiger partial charge in [-0.25, -0.2) is 4.39 Å². The van der Waals surface area contributed by atoms with Crippen LogP contribution < -0.4 is 5.32 Å². The predicted molar refractivity (Wildman–Crippen MR) is 84.2 cm³/mol. The third kappa shape index (κ3) is 2.48. The monoisotopic (exact) mass is 333 g/mol. The van der Waals surface area contributed by atoms with Crippen molar-refractivity contribution < 1.29 is 17.6 Å². The average Bonchev–Trinajstić information content (AvgIpc) is 3.03. The molecular formula is C19H15F4N. The minimum absolute atomic E-state index is 0.0464. The summed E-state index contributed by atoms with van der Waals surface area (Å²) in [5.41, 5.74) is 1.72. The number of halogens is 4. The average molecular weight is 333 g/mol. The lowest BCUT2D eigenvalue weighted by atomic mass is 9.76. The first kappa shape index (κ1) is 15.2. The van der Waals surface area contributed by atoms with Gasteiger partial charge in [-0.05, 0) is 53.8 Å². The SMILES string of the molecule is Fc1ccc([C@H]2Nc3ccc(C(F)(F)F)cc3C3C=CCC32)cc1. The summed E-state index contributed by atoms with van der Waals surface area (Å²) < 4.78 is 52.2. The van der Waals surface area contributed by atoms with E-state index in [1.54, 1.807) is 12.1 Å². The molecule has 124 valence electrons. The van der Waals surface area contributed by atoms with Gasteiger partial charge in [0.25, 0.3) is 0 Å². The summed E-state index contributed by atoms with van der Waals surface area (Å²) in [5, 5.41) is 3.35. The van der Waals surface area contributed by atoms with Gasteiger partial charge in [-0.15, -0.1) is 0 Å². The summed E-state index contributed by atoms with van der Waals surface area (Å²) in [7, 11) is 0. The molecule has 1 aliphatic heterocycles. The Hall–Kier alpha value is -2.30. The van der Waals surface area contributed by atoms with Gasteiger partial charge in [0.05, 0.1) is 11.6 Å². The van der Waals surface area contributed by atoms with Crippen LogP contribution in [0.2, 0.25) is 0 Å². The number of allylic oxidation sites excluding steroid dienone is 2. The third-order valence-electron chi connectivity index (χ3n) is 4.92. The molecule has 24 heavy (non-hydrogen) atoms.